The van der Waals surface area contributed by atoms with Crippen LogP contribution in [0.4, 0.5) is 0 Å². The van der Waals surface area contributed by atoms with Gasteiger partial charge in [-0.1, -0.05) is 5.21 Å². The molecule has 53 heavy (non-hydrogen) atoms. The highest BCUT2D eigenvalue weighted by molar-refractivity contribution is 5.69. The Kier molecular flexibility index (Phi) is 16.0. The number of hydrogen-bond donors (Lipinski definition) is 1. The third-order valence-corrected chi connectivity index (χ3v) is 7.24. The van der Waals surface area contributed by atoms with Crippen molar-refractivity contribution in [2.75, 3.05) is 19.8 Å². The summed E-state index contributed by atoms with van der Waals surface area (Å²) in [7, 11) is 0. The number of nitrogens with zero attached hydrogens (tertiary/aromatic N) is 3. The van der Waals surface area contributed by atoms with E-state index in [4.69, 9.17) is 52.1 Å². The van der Waals surface area contributed by atoms with Gasteiger partial charge in [-0.15, -0.1) is 5.10 Å². The van der Waals surface area contributed by atoms with Gasteiger partial charge in [-0.05, 0) is 0 Å². The maximum absolute atomic E-state index is 12.5. The SMILES string of the molecule is CC(=O)OCC1O[C@@H](O[C@@H]2C(OC(C)=O)[C@H](OC(C)=O)C(COC(C)=O)O[C@@H]2OCCn2cc(CO)nn2)[C@H](OC(C)=O)C(OC(C)=O)[C@@H]1OC(C)=O. The second-order valence-electron chi connectivity index (χ2n) is 11.7. The van der Waals surface area contributed by atoms with Gasteiger partial charge in [-0.25, -0.2) is 4.68 Å². The third-order valence-electron chi connectivity index (χ3n) is 7.24. The van der Waals surface area contributed by atoms with E-state index in [1.54, 1.807) is 0 Å². The molecule has 3 heterocycles. The van der Waals surface area contributed by atoms with Gasteiger partial charge in [0.05, 0.1) is 26.0 Å². The van der Waals surface area contributed by atoms with Crippen molar-refractivity contribution in [2.45, 2.75) is 123 Å². The van der Waals surface area contributed by atoms with Crippen LogP contribution in [0.5, 0.6) is 0 Å². The highest BCUT2D eigenvalue weighted by atomic mass is 16.8. The minimum atomic E-state index is -1.82. The van der Waals surface area contributed by atoms with Gasteiger partial charge in [-0.3, -0.25) is 33.6 Å². The van der Waals surface area contributed by atoms with E-state index >= 15 is 0 Å². The Morgan fingerprint density at radius 3 is 1.49 bits per heavy atom. The van der Waals surface area contributed by atoms with Crippen LogP contribution in [0.1, 0.15) is 54.2 Å². The van der Waals surface area contributed by atoms with Crippen molar-refractivity contribution in [2.24, 2.45) is 0 Å². The quantitative estimate of drug-likeness (QED) is 0.147. The maximum atomic E-state index is 12.5. The summed E-state index contributed by atoms with van der Waals surface area (Å²) in [6.07, 6.45) is -14.4. The number of aliphatic hydroxyl groups excluding tert-OH is 1. The Morgan fingerprint density at radius 2 is 1.06 bits per heavy atom. The number of carbonyl (C=O) groups is 7. The molecule has 2 aliphatic rings. The standard InChI is InChI=1S/C31H43N3O19/c1-14(36)44-12-22-24(46-16(3)38)26(48-18(5)40)28(30(51-22)43-9-8-34-10-21(11-35)32-33-34)53-31-29(50-20(7)42)27(49-19(6)41)25(47-17(4)39)23(52-31)13-45-15(2)37/h10,22-31,35H,8-9,11-13H2,1-7H3/t22?,23?,24-,25-,26?,27?,28-,29-,30+,31+/m1/s1. The molecule has 2 saturated heterocycles. The number of aliphatic hydroxyl groups is 1. The summed E-state index contributed by atoms with van der Waals surface area (Å²) in [5.41, 5.74) is 0.268. The Balaban J connectivity index is 2.13. The van der Waals surface area contributed by atoms with Crippen LogP contribution in [0, 0.1) is 0 Å². The van der Waals surface area contributed by atoms with E-state index in [-0.39, 0.29) is 25.5 Å². The van der Waals surface area contributed by atoms with E-state index in [0.717, 1.165) is 48.5 Å². The molecule has 22 nitrogen and oxygen atoms in total. The zero-order valence-corrected chi connectivity index (χ0v) is 30.0. The highest BCUT2D eigenvalue weighted by Gasteiger charge is 2.57. The first kappa shape index (κ1) is 42.6. The first-order chi connectivity index (χ1) is 25.0. The van der Waals surface area contributed by atoms with Crippen molar-refractivity contribution in [1.29, 1.82) is 0 Å². The third kappa shape index (κ3) is 13.0. The van der Waals surface area contributed by atoms with Crippen LogP contribution in [0.25, 0.3) is 0 Å². The monoisotopic (exact) mass is 761 g/mol. The lowest BCUT2D eigenvalue weighted by atomic mass is 9.96. The Hall–Kier alpha value is -4.77. The molecule has 0 aliphatic carbocycles. The molecule has 0 spiro atoms. The molecule has 1 N–H and O–H groups in total. The lowest BCUT2D eigenvalue weighted by Gasteiger charge is -2.48. The van der Waals surface area contributed by atoms with Crippen molar-refractivity contribution in [3.05, 3.63) is 11.9 Å². The van der Waals surface area contributed by atoms with Gasteiger partial charge < -0.3 is 57.2 Å². The first-order valence-corrected chi connectivity index (χ1v) is 16.2. The molecule has 0 radical (unpaired) electrons. The lowest BCUT2D eigenvalue weighted by Crippen LogP contribution is -2.67. The van der Waals surface area contributed by atoms with Crippen molar-refractivity contribution < 1.29 is 90.8 Å². The van der Waals surface area contributed by atoms with Crippen LogP contribution in [-0.2, 0) is 98.8 Å². The number of esters is 7. The molecule has 1 aromatic rings. The Labute approximate surface area is 302 Å². The average molecular weight is 762 g/mol. The van der Waals surface area contributed by atoms with Gasteiger partial charge in [0.25, 0.3) is 0 Å². The predicted octanol–water partition coefficient (Wildman–Crippen LogP) is -1.59. The van der Waals surface area contributed by atoms with Crippen LogP contribution in [0.2, 0.25) is 0 Å². The van der Waals surface area contributed by atoms with Crippen LogP contribution in [0.3, 0.4) is 0 Å². The number of ether oxygens (including phenoxy) is 11. The molecule has 10 atom stereocenters. The normalized spacial score (nSPS) is 28.2. The lowest BCUT2D eigenvalue weighted by molar-refractivity contribution is -0.368. The van der Waals surface area contributed by atoms with Crippen LogP contribution in [-0.4, -0.2) is 143 Å². The zero-order valence-electron chi connectivity index (χ0n) is 30.0. The van der Waals surface area contributed by atoms with E-state index in [1.165, 1.54) is 10.9 Å². The van der Waals surface area contributed by atoms with Gasteiger partial charge in [-0.2, -0.15) is 0 Å². The number of carbonyl (C=O) groups excluding carboxylic acids is 7. The van der Waals surface area contributed by atoms with Crippen molar-refractivity contribution in [3.8, 4) is 0 Å². The summed E-state index contributed by atoms with van der Waals surface area (Å²) < 4.78 is 63.6. The molecule has 3 rings (SSSR count). The molecular weight excluding hydrogens is 718 g/mol. The van der Waals surface area contributed by atoms with Gasteiger partial charge in [0, 0.05) is 48.5 Å². The van der Waals surface area contributed by atoms with E-state index in [2.05, 4.69) is 10.3 Å². The summed E-state index contributed by atoms with van der Waals surface area (Å²) in [6, 6.07) is 0. The first-order valence-electron chi connectivity index (χ1n) is 16.2. The molecule has 2 fully saturated rings. The maximum Gasteiger partial charge on any atom is 0.303 e. The van der Waals surface area contributed by atoms with Crippen LogP contribution < -0.4 is 0 Å². The van der Waals surface area contributed by atoms with Crippen LogP contribution in [0.15, 0.2) is 6.20 Å². The van der Waals surface area contributed by atoms with Crippen LogP contribution >= 0.6 is 0 Å². The number of hydrogen-bond acceptors (Lipinski definition) is 21. The topological polar surface area (TPSA) is 272 Å². The number of rotatable bonds is 16. The van der Waals surface area contributed by atoms with Gasteiger partial charge >= 0.3 is 41.8 Å². The molecule has 22 heteroatoms. The minimum Gasteiger partial charge on any atom is -0.463 e. The molecule has 2 aliphatic heterocycles. The van der Waals surface area contributed by atoms with Crippen molar-refractivity contribution in [3.63, 3.8) is 0 Å². The second-order valence-corrected chi connectivity index (χ2v) is 11.7. The smallest absolute Gasteiger partial charge is 0.303 e. The molecule has 0 saturated carbocycles. The second kappa shape index (κ2) is 19.9. The van der Waals surface area contributed by atoms with E-state index < -0.39 is 116 Å². The Bertz CT molecular complexity index is 1470. The molecule has 296 valence electrons. The minimum absolute atomic E-state index is 0.0266. The van der Waals surface area contributed by atoms with E-state index in [1.807, 2.05) is 0 Å². The van der Waals surface area contributed by atoms with E-state index in [0.29, 0.717) is 0 Å². The molecule has 0 bridgehead atoms. The summed E-state index contributed by atoms with van der Waals surface area (Å²) in [5.74, 6) is -5.94. The van der Waals surface area contributed by atoms with Gasteiger partial charge in [0.2, 0.25) is 0 Å². The fourth-order valence-corrected chi connectivity index (χ4v) is 5.39. The largest absolute Gasteiger partial charge is 0.463 e. The molecule has 0 amide bonds. The molecule has 0 aromatic carbocycles. The Morgan fingerprint density at radius 1 is 0.623 bits per heavy atom. The molecule has 1 aromatic heterocycles. The van der Waals surface area contributed by atoms with Gasteiger partial charge in [0.15, 0.2) is 49.2 Å². The van der Waals surface area contributed by atoms with E-state index in [9.17, 15) is 38.7 Å². The summed E-state index contributed by atoms with van der Waals surface area (Å²) in [5, 5.41) is 17.0. The highest BCUT2D eigenvalue weighted by Crippen LogP contribution is 2.35. The average Bonchev–Trinajstić information content (AvgIpc) is 3.51. The fourth-order valence-electron chi connectivity index (χ4n) is 5.39. The molecular formula is C31H43N3O19. The van der Waals surface area contributed by atoms with Crippen molar-refractivity contribution in [1.82, 2.24) is 15.0 Å². The fraction of sp³-hybridized carbons (Fsp3) is 0.710. The number of aromatic nitrogens is 3. The summed E-state index contributed by atoms with van der Waals surface area (Å²) in [4.78, 5) is 85.4. The summed E-state index contributed by atoms with van der Waals surface area (Å²) in [6.45, 7) is 5.77. The van der Waals surface area contributed by atoms with Gasteiger partial charge in [0.1, 0.15) is 31.1 Å². The van der Waals surface area contributed by atoms with Crippen molar-refractivity contribution >= 4 is 41.8 Å². The summed E-state index contributed by atoms with van der Waals surface area (Å²) >= 11 is 0. The molecule has 4 unspecified atom stereocenters. The predicted molar refractivity (Wildman–Crippen MR) is 165 cm³/mol. The zero-order chi connectivity index (χ0) is 39.4.